The summed E-state index contributed by atoms with van der Waals surface area (Å²) < 4.78 is 0. The predicted molar refractivity (Wildman–Crippen MR) is 83.8 cm³/mol. The highest BCUT2D eigenvalue weighted by atomic mass is 16.3. The van der Waals surface area contributed by atoms with Crippen molar-refractivity contribution in [3.63, 3.8) is 0 Å². The quantitative estimate of drug-likeness (QED) is 0.936. The first-order valence-corrected chi connectivity index (χ1v) is 7.64. The lowest BCUT2D eigenvalue weighted by molar-refractivity contribution is 0.0239. The Labute approximate surface area is 126 Å². The van der Waals surface area contributed by atoms with Crippen LogP contribution in [0.25, 0.3) is 0 Å². The molecule has 0 bridgehead atoms. The standard InChI is InChI=1S/C18H22N2O/c21-18-8-11-20(13-16-4-2-1-3-5-16)14-17(18)12-15-6-9-19-10-7-15/h1-7,9-10,17-18,21H,8,11-14H2. The van der Waals surface area contributed by atoms with Gasteiger partial charge in [-0.25, -0.2) is 0 Å². The third-order valence-corrected chi connectivity index (χ3v) is 4.27. The molecule has 110 valence electrons. The van der Waals surface area contributed by atoms with Crippen molar-refractivity contribution in [3.05, 3.63) is 66.0 Å². The van der Waals surface area contributed by atoms with E-state index < -0.39 is 0 Å². The average molecular weight is 282 g/mol. The lowest BCUT2D eigenvalue weighted by Crippen LogP contribution is -2.43. The summed E-state index contributed by atoms with van der Waals surface area (Å²) in [5.41, 5.74) is 2.60. The lowest BCUT2D eigenvalue weighted by atomic mass is 9.89. The number of piperidine rings is 1. The molecule has 0 spiro atoms. The van der Waals surface area contributed by atoms with Gasteiger partial charge in [-0.15, -0.1) is 0 Å². The molecule has 0 amide bonds. The van der Waals surface area contributed by atoms with Gasteiger partial charge in [0.1, 0.15) is 0 Å². The van der Waals surface area contributed by atoms with Gasteiger partial charge >= 0.3 is 0 Å². The number of likely N-dealkylation sites (tertiary alicyclic amines) is 1. The Balaban J connectivity index is 1.62. The van der Waals surface area contributed by atoms with E-state index in [0.717, 1.165) is 32.5 Å². The number of hydrogen-bond donors (Lipinski definition) is 1. The maximum absolute atomic E-state index is 10.3. The van der Waals surface area contributed by atoms with Crippen LogP contribution in [0.5, 0.6) is 0 Å². The Morgan fingerprint density at radius 3 is 2.57 bits per heavy atom. The third-order valence-electron chi connectivity index (χ3n) is 4.27. The molecule has 2 atom stereocenters. The normalized spacial score (nSPS) is 23.1. The van der Waals surface area contributed by atoms with Gasteiger partial charge in [-0.3, -0.25) is 9.88 Å². The van der Waals surface area contributed by atoms with Gasteiger partial charge in [-0.2, -0.15) is 0 Å². The number of rotatable bonds is 4. The molecule has 1 aromatic heterocycles. The highest BCUT2D eigenvalue weighted by molar-refractivity contribution is 5.15. The van der Waals surface area contributed by atoms with Crippen LogP contribution in [0.15, 0.2) is 54.9 Å². The van der Waals surface area contributed by atoms with Gasteiger partial charge in [0, 0.05) is 37.9 Å². The number of benzene rings is 1. The molecule has 1 fully saturated rings. The van der Waals surface area contributed by atoms with E-state index in [9.17, 15) is 5.11 Å². The fourth-order valence-corrected chi connectivity index (χ4v) is 3.10. The minimum Gasteiger partial charge on any atom is -0.393 e. The highest BCUT2D eigenvalue weighted by Gasteiger charge is 2.27. The fourth-order valence-electron chi connectivity index (χ4n) is 3.10. The van der Waals surface area contributed by atoms with Crippen LogP contribution >= 0.6 is 0 Å². The minimum absolute atomic E-state index is 0.190. The monoisotopic (exact) mass is 282 g/mol. The third kappa shape index (κ3) is 3.90. The fraction of sp³-hybridized carbons (Fsp3) is 0.389. The van der Waals surface area contributed by atoms with Gasteiger partial charge in [0.05, 0.1) is 6.10 Å². The summed E-state index contributed by atoms with van der Waals surface area (Å²) in [4.78, 5) is 6.51. The zero-order valence-electron chi connectivity index (χ0n) is 12.2. The Bertz CT molecular complexity index is 544. The zero-order chi connectivity index (χ0) is 14.5. The molecule has 1 aliphatic rings. The summed E-state index contributed by atoms with van der Waals surface area (Å²) in [5, 5.41) is 10.3. The van der Waals surface area contributed by atoms with Crippen LogP contribution in [0.4, 0.5) is 0 Å². The molecule has 0 radical (unpaired) electrons. The molecule has 2 unspecified atom stereocenters. The molecule has 21 heavy (non-hydrogen) atoms. The van der Waals surface area contributed by atoms with Crippen molar-refractivity contribution >= 4 is 0 Å². The molecular weight excluding hydrogens is 260 g/mol. The van der Waals surface area contributed by atoms with Crippen LogP contribution in [0.1, 0.15) is 17.5 Å². The van der Waals surface area contributed by atoms with E-state index in [4.69, 9.17) is 0 Å². The second kappa shape index (κ2) is 6.83. The molecule has 1 aromatic carbocycles. The number of aromatic nitrogens is 1. The van der Waals surface area contributed by atoms with Gasteiger partial charge in [-0.05, 0) is 36.1 Å². The first-order valence-electron chi connectivity index (χ1n) is 7.64. The van der Waals surface area contributed by atoms with Gasteiger partial charge < -0.3 is 5.11 Å². The minimum atomic E-state index is -0.190. The number of aliphatic hydroxyl groups excluding tert-OH is 1. The van der Waals surface area contributed by atoms with E-state index in [1.165, 1.54) is 11.1 Å². The Morgan fingerprint density at radius 2 is 1.81 bits per heavy atom. The molecule has 0 saturated carbocycles. The van der Waals surface area contributed by atoms with Gasteiger partial charge in [-0.1, -0.05) is 30.3 Å². The number of aliphatic hydroxyl groups is 1. The molecule has 0 aliphatic carbocycles. The van der Waals surface area contributed by atoms with Crippen molar-refractivity contribution in [2.75, 3.05) is 13.1 Å². The highest BCUT2D eigenvalue weighted by Crippen LogP contribution is 2.22. The molecule has 1 N–H and O–H groups in total. The van der Waals surface area contributed by atoms with E-state index >= 15 is 0 Å². The molecule has 1 saturated heterocycles. The summed E-state index contributed by atoms with van der Waals surface area (Å²) in [6.07, 6.45) is 5.25. The van der Waals surface area contributed by atoms with E-state index in [-0.39, 0.29) is 6.10 Å². The molecule has 3 nitrogen and oxygen atoms in total. The molecule has 3 heteroatoms. The van der Waals surface area contributed by atoms with Crippen molar-refractivity contribution in [3.8, 4) is 0 Å². The van der Waals surface area contributed by atoms with E-state index in [0.29, 0.717) is 5.92 Å². The summed E-state index contributed by atoms with van der Waals surface area (Å²) >= 11 is 0. The van der Waals surface area contributed by atoms with Gasteiger partial charge in [0.15, 0.2) is 0 Å². The van der Waals surface area contributed by atoms with E-state index in [2.05, 4.69) is 40.2 Å². The van der Waals surface area contributed by atoms with Crippen LogP contribution in [0.3, 0.4) is 0 Å². The summed E-state index contributed by atoms with van der Waals surface area (Å²) in [6, 6.07) is 14.7. The maximum atomic E-state index is 10.3. The number of hydrogen-bond acceptors (Lipinski definition) is 3. The Hall–Kier alpha value is -1.71. The van der Waals surface area contributed by atoms with Crippen LogP contribution in [0, 0.1) is 5.92 Å². The largest absolute Gasteiger partial charge is 0.393 e. The topological polar surface area (TPSA) is 36.4 Å². The van der Waals surface area contributed by atoms with Crippen molar-refractivity contribution in [1.29, 1.82) is 0 Å². The summed E-state index contributed by atoms with van der Waals surface area (Å²) in [5.74, 6) is 0.310. The smallest absolute Gasteiger partial charge is 0.0596 e. The Morgan fingerprint density at radius 1 is 1.05 bits per heavy atom. The lowest BCUT2D eigenvalue weighted by Gasteiger charge is -2.36. The molecule has 3 rings (SSSR count). The van der Waals surface area contributed by atoms with E-state index in [1.54, 1.807) is 0 Å². The van der Waals surface area contributed by atoms with Gasteiger partial charge in [0.25, 0.3) is 0 Å². The maximum Gasteiger partial charge on any atom is 0.0596 e. The van der Waals surface area contributed by atoms with Crippen molar-refractivity contribution in [1.82, 2.24) is 9.88 Å². The molecule has 2 aromatic rings. The first-order chi connectivity index (χ1) is 10.3. The van der Waals surface area contributed by atoms with Crippen LogP contribution in [-0.4, -0.2) is 34.2 Å². The van der Waals surface area contributed by atoms with Crippen molar-refractivity contribution < 1.29 is 5.11 Å². The summed E-state index contributed by atoms with van der Waals surface area (Å²) in [6.45, 7) is 2.90. The summed E-state index contributed by atoms with van der Waals surface area (Å²) in [7, 11) is 0. The molecule has 1 aliphatic heterocycles. The zero-order valence-corrected chi connectivity index (χ0v) is 12.2. The number of pyridine rings is 1. The van der Waals surface area contributed by atoms with Crippen molar-refractivity contribution in [2.45, 2.75) is 25.5 Å². The number of nitrogens with zero attached hydrogens (tertiary/aromatic N) is 2. The predicted octanol–water partition coefficient (Wildman–Crippen LogP) is 2.51. The van der Waals surface area contributed by atoms with Crippen LogP contribution < -0.4 is 0 Å². The van der Waals surface area contributed by atoms with Crippen molar-refractivity contribution in [2.24, 2.45) is 5.92 Å². The average Bonchev–Trinajstić information content (AvgIpc) is 2.53. The second-order valence-corrected chi connectivity index (χ2v) is 5.90. The first kappa shape index (κ1) is 14.2. The van der Waals surface area contributed by atoms with Crippen LogP contribution in [0.2, 0.25) is 0 Å². The second-order valence-electron chi connectivity index (χ2n) is 5.90. The SMILES string of the molecule is OC1CCN(Cc2ccccc2)CC1Cc1ccncc1. The van der Waals surface area contributed by atoms with E-state index in [1.807, 2.05) is 24.5 Å². The molecule has 2 heterocycles. The molecular formula is C18H22N2O. The van der Waals surface area contributed by atoms with Gasteiger partial charge in [0.2, 0.25) is 0 Å². The Kier molecular flexibility index (Phi) is 4.63. The van der Waals surface area contributed by atoms with Crippen LogP contribution in [-0.2, 0) is 13.0 Å².